The van der Waals surface area contributed by atoms with Crippen LogP contribution in [0.15, 0.2) is 29.4 Å². The summed E-state index contributed by atoms with van der Waals surface area (Å²) in [7, 11) is 3.57. The van der Waals surface area contributed by atoms with Crippen molar-refractivity contribution in [1.29, 1.82) is 0 Å². The largest absolute Gasteiger partial charge is 0.249 e. The number of hydrogen-bond donors (Lipinski definition) is 1. The average Bonchev–Trinajstić information content (AvgIpc) is 2.14. The molecule has 0 aliphatic carbocycles. The number of aromatic nitrogens is 1. The van der Waals surface area contributed by atoms with E-state index in [-0.39, 0.29) is 0 Å². The molecule has 1 unspecified atom stereocenters. The van der Waals surface area contributed by atoms with E-state index in [4.69, 9.17) is 0 Å². The predicted octanol–water partition coefficient (Wildman–Crippen LogP) is 3.53. The Bertz CT molecular complexity index is 226. The second-order valence-corrected chi connectivity index (χ2v) is 6.03. The Kier molecular flexibility index (Phi) is 5.75. The lowest BCUT2D eigenvalue weighted by molar-refractivity contribution is 0.927. The van der Waals surface area contributed by atoms with Gasteiger partial charge in [-0.05, 0) is 34.6 Å². The van der Waals surface area contributed by atoms with E-state index in [9.17, 15) is 0 Å². The maximum Gasteiger partial charge on any atom is 0.106 e. The number of thiol groups is 1. The predicted molar refractivity (Wildman–Crippen MR) is 65.6 cm³/mol. The molecule has 0 saturated carbocycles. The number of pyridine rings is 1. The third-order valence-corrected chi connectivity index (χ3v) is 3.96. The molecule has 1 aromatic heterocycles. The molecule has 0 N–H and O–H groups in total. The molecular weight excluding hydrogens is 218 g/mol. The van der Waals surface area contributed by atoms with Crippen molar-refractivity contribution in [3.63, 3.8) is 0 Å². The Morgan fingerprint density at radius 3 is 3.00 bits per heavy atom. The van der Waals surface area contributed by atoms with Crippen molar-refractivity contribution in [3.05, 3.63) is 24.4 Å². The van der Waals surface area contributed by atoms with Crippen LogP contribution in [-0.4, -0.2) is 16.0 Å². The first kappa shape index (κ1) is 11.3. The normalized spacial score (nSPS) is 12.8. The van der Waals surface area contributed by atoms with Gasteiger partial charge in [0.25, 0.3) is 0 Å². The van der Waals surface area contributed by atoms with Gasteiger partial charge in [0, 0.05) is 11.9 Å². The van der Waals surface area contributed by atoms with Gasteiger partial charge in [-0.2, -0.15) is 12.6 Å². The van der Waals surface area contributed by atoms with Crippen molar-refractivity contribution in [3.8, 4) is 0 Å². The molecule has 4 heteroatoms. The van der Waals surface area contributed by atoms with E-state index in [0.717, 1.165) is 17.2 Å². The number of hydrogen-bond acceptors (Lipinski definition) is 4. The minimum absolute atomic E-state index is 0.497. The second-order valence-electron chi connectivity index (χ2n) is 2.71. The van der Waals surface area contributed by atoms with Crippen LogP contribution < -0.4 is 0 Å². The van der Waals surface area contributed by atoms with Crippen LogP contribution in [0.4, 0.5) is 0 Å². The Labute approximate surface area is 92.9 Å². The van der Waals surface area contributed by atoms with Gasteiger partial charge in [-0.1, -0.05) is 23.8 Å². The molecule has 0 aromatic carbocycles. The van der Waals surface area contributed by atoms with E-state index < -0.39 is 0 Å². The summed E-state index contributed by atoms with van der Waals surface area (Å²) in [6.45, 7) is 2.12. The summed E-state index contributed by atoms with van der Waals surface area (Å²) < 4.78 is 0. The minimum Gasteiger partial charge on any atom is -0.249 e. The Balaban J connectivity index is 2.13. The van der Waals surface area contributed by atoms with Crippen molar-refractivity contribution >= 4 is 34.2 Å². The van der Waals surface area contributed by atoms with Gasteiger partial charge in [0.15, 0.2) is 0 Å². The van der Waals surface area contributed by atoms with Crippen molar-refractivity contribution < 1.29 is 0 Å². The zero-order valence-electron chi connectivity index (χ0n) is 7.51. The quantitative estimate of drug-likeness (QED) is 0.473. The van der Waals surface area contributed by atoms with Gasteiger partial charge in [0.1, 0.15) is 5.03 Å². The van der Waals surface area contributed by atoms with Crippen LogP contribution in [0, 0.1) is 0 Å². The SMILES string of the molecule is CC(S)CCSSc1ccccn1. The van der Waals surface area contributed by atoms with E-state index in [0.29, 0.717) is 5.25 Å². The summed E-state index contributed by atoms with van der Waals surface area (Å²) >= 11 is 4.32. The summed E-state index contributed by atoms with van der Waals surface area (Å²) in [6, 6.07) is 5.98. The summed E-state index contributed by atoms with van der Waals surface area (Å²) in [4.78, 5) is 4.22. The van der Waals surface area contributed by atoms with Gasteiger partial charge in [0.2, 0.25) is 0 Å². The standard InChI is InChI=1S/C9H13NS3/c1-8(11)5-7-12-13-9-4-2-3-6-10-9/h2-4,6,8,11H,5,7H2,1H3. The van der Waals surface area contributed by atoms with Crippen molar-refractivity contribution in [2.24, 2.45) is 0 Å². The van der Waals surface area contributed by atoms with E-state index in [2.05, 4.69) is 24.5 Å². The first-order valence-electron chi connectivity index (χ1n) is 4.17. The Morgan fingerprint density at radius 2 is 2.38 bits per heavy atom. The van der Waals surface area contributed by atoms with Crippen molar-refractivity contribution in [1.82, 2.24) is 4.98 Å². The molecule has 0 fully saturated rings. The highest BCUT2D eigenvalue weighted by molar-refractivity contribution is 8.76. The third kappa shape index (κ3) is 5.49. The van der Waals surface area contributed by atoms with E-state index in [1.165, 1.54) is 0 Å². The molecule has 0 saturated heterocycles. The van der Waals surface area contributed by atoms with Gasteiger partial charge in [-0.15, -0.1) is 0 Å². The topological polar surface area (TPSA) is 12.9 Å². The smallest absolute Gasteiger partial charge is 0.106 e. The summed E-state index contributed by atoms with van der Waals surface area (Å²) in [6.07, 6.45) is 2.97. The molecule has 0 spiro atoms. The fourth-order valence-corrected chi connectivity index (χ4v) is 3.11. The van der Waals surface area contributed by atoms with Crippen LogP contribution >= 0.6 is 34.2 Å². The van der Waals surface area contributed by atoms with E-state index in [1.54, 1.807) is 10.8 Å². The molecule has 1 heterocycles. The van der Waals surface area contributed by atoms with Crippen molar-refractivity contribution in [2.45, 2.75) is 23.6 Å². The lowest BCUT2D eigenvalue weighted by Crippen LogP contribution is -1.91. The van der Waals surface area contributed by atoms with Gasteiger partial charge < -0.3 is 0 Å². The van der Waals surface area contributed by atoms with Crippen LogP contribution in [0.1, 0.15) is 13.3 Å². The molecular formula is C9H13NS3. The van der Waals surface area contributed by atoms with Crippen LogP contribution in [-0.2, 0) is 0 Å². The molecule has 1 rings (SSSR count). The van der Waals surface area contributed by atoms with Crippen LogP contribution in [0.2, 0.25) is 0 Å². The first-order chi connectivity index (χ1) is 6.29. The second kappa shape index (κ2) is 6.62. The van der Waals surface area contributed by atoms with Crippen LogP contribution in [0.5, 0.6) is 0 Å². The van der Waals surface area contributed by atoms with Crippen molar-refractivity contribution in [2.75, 3.05) is 5.75 Å². The summed E-state index contributed by atoms with van der Waals surface area (Å²) in [5.74, 6) is 1.13. The molecule has 1 nitrogen and oxygen atoms in total. The molecule has 0 radical (unpaired) electrons. The van der Waals surface area contributed by atoms with E-state index >= 15 is 0 Å². The Morgan fingerprint density at radius 1 is 1.54 bits per heavy atom. The maximum absolute atomic E-state index is 4.32. The van der Waals surface area contributed by atoms with Gasteiger partial charge in [-0.3, -0.25) is 0 Å². The lowest BCUT2D eigenvalue weighted by Gasteiger charge is -2.02. The highest BCUT2D eigenvalue weighted by Crippen LogP contribution is 2.29. The van der Waals surface area contributed by atoms with Gasteiger partial charge in [-0.25, -0.2) is 4.98 Å². The Hall–Kier alpha value is 0.200. The van der Waals surface area contributed by atoms with Crippen LogP contribution in [0.3, 0.4) is 0 Å². The first-order valence-corrected chi connectivity index (χ1v) is 7.01. The zero-order valence-corrected chi connectivity index (χ0v) is 10.0. The highest BCUT2D eigenvalue weighted by atomic mass is 33.1. The van der Waals surface area contributed by atoms with Gasteiger partial charge >= 0.3 is 0 Å². The molecule has 13 heavy (non-hydrogen) atoms. The molecule has 1 aromatic rings. The average molecular weight is 231 g/mol. The molecule has 1 atom stereocenters. The number of rotatable bonds is 5. The molecule has 0 bridgehead atoms. The maximum atomic E-state index is 4.32. The lowest BCUT2D eigenvalue weighted by atomic mass is 10.4. The third-order valence-electron chi connectivity index (χ3n) is 1.40. The fourth-order valence-electron chi connectivity index (χ4n) is 0.717. The molecule has 0 aliphatic heterocycles. The number of nitrogens with zero attached hydrogens (tertiary/aromatic N) is 1. The zero-order chi connectivity index (χ0) is 9.52. The fraction of sp³-hybridized carbons (Fsp3) is 0.444. The van der Waals surface area contributed by atoms with E-state index in [1.807, 2.05) is 35.2 Å². The van der Waals surface area contributed by atoms with Gasteiger partial charge in [0.05, 0.1) is 0 Å². The molecule has 0 amide bonds. The monoisotopic (exact) mass is 231 g/mol. The highest BCUT2D eigenvalue weighted by Gasteiger charge is 1.97. The molecule has 72 valence electrons. The summed E-state index contributed by atoms with van der Waals surface area (Å²) in [5.41, 5.74) is 0. The summed E-state index contributed by atoms with van der Waals surface area (Å²) in [5, 5.41) is 1.58. The van der Waals surface area contributed by atoms with Crippen LogP contribution in [0.25, 0.3) is 0 Å². The molecule has 0 aliphatic rings. The minimum atomic E-state index is 0.497.